The quantitative estimate of drug-likeness (QED) is 0.600. The lowest BCUT2D eigenvalue weighted by Gasteiger charge is -2.08. The van der Waals surface area contributed by atoms with E-state index in [1.54, 1.807) is 27.4 Å². The molecule has 4 nitrogen and oxygen atoms in total. The molecule has 0 bridgehead atoms. The molecule has 0 aromatic carbocycles. The Morgan fingerprint density at radius 3 is 2.42 bits per heavy atom. The summed E-state index contributed by atoms with van der Waals surface area (Å²) in [7, 11) is 4.90. The first-order valence-electron chi connectivity index (χ1n) is 3.74. The van der Waals surface area contributed by atoms with Gasteiger partial charge in [0.15, 0.2) is 0 Å². The molecule has 0 aliphatic carbocycles. The summed E-state index contributed by atoms with van der Waals surface area (Å²) >= 11 is 0. The second-order valence-electron chi connectivity index (χ2n) is 2.36. The van der Waals surface area contributed by atoms with Gasteiger partial charge in [-0.3, -0.25) is 14.8 Å². The highest BCUT2D eigenvalue weighted by Gasteiger charge is 2.16. The zero-order chi connectivity index (χ0) is 9.56. The molecule has 0 aromatic heterocycles. The fourth-order valence-electron chi connectivity index (χ4n) is 0.809. The van der Waals surface area contributed by atoms with Crippen LogP contribution < -0.4 is 5.32 Å². The molecule has 0 rings (SSSR count). The van der Waals surface area contributed by atoms with E-state index in [2.05, 4.69) is 15.3 Å². The monoisotopic (exact) mass is 169 g/mol. The minimum Gasteiger partial charge on any atom is -0.358 e. The van der Waals surface area contributed by atoms with E-state index in [-0.39, 0.29) is 11.8 Å². The standard InChI is InChI=1S/C8H15N3O/c1-6(10-3)7(5-9-2)8(12)11-4/h5,7H,1-4H3,(H,11,12). The Morgan fingerprint density at radius 2 is 2.08 bits per heavy atom. The Hall–Kier alpha value is -1.19. The van der Waals surface area contributed by atoms with Gasteiger partial charge in [0.25, 0.3) is 0 Å². The van der Waals surface area contributed by atoms with E-state index in [1.807, 2.05) is 6.92 Å². The summed E-state index contributed by atoms with van der Waals surface area (Å²) in [5.74, 6) is -0.409. The number of rotatable bonds is 3. The Kier molecular flexibility index (Phi) is 4.92. The summed E-state index contributed by atoms with van der Waals surface area (Å²) in [4.78, 5) is 19.0. The van der Waals surface area contributed by atoms with Crippen LogP contribution in [0.25, 0.3) is 0 Å². The minimum atomic E-state index is -0.329. The number of nitrogens with zero attached hydrogens (tertiary/aromatic N) is 2. The maximum atomic E-state index is 11.2. The van der Waals surface area contributed by atoms with Crippen LogP contribution in [0, 0.1) is 5.92 Å². The van der Waals surface area contributed by atoms with Crippen LogP contribution in [0.5, 0.6) is 0 Å². The largest absolute Gasteiger partial charge is 0.358 e. The molecule has 68 valence electrons. The second kappa shape index (κ2) is 5.46. The Bertz CT molecular complexity index is 208. The van der Waals surface area contributed by atoms with Gasteiger partial charge in [0.1, 0.15) is 5.92 Å². The number of amides is 1. The van der Waals surface area contributed by atoms with Gasteiger partial charge >= 0.3 is 0 Å². The Labute approximate surface area is 72.8 Å². The molecule has 0 fully saturated rings. The highest BCUT2D eigenvalue weighted by molar-refractivity contribution is 6.14. The van der Waals surface area contributed by atoms with Crippen LogP contribution in [0.3, 0.4) is 0 Å². The van der Waals surface area contributed by atoms with Crippen molar-refractivity contribution in [2.45, 2.75) is 6.92 Å². The van der Waals surface area contributed by atoms with Crippen molar-refractivity contribution in [1.82, 2.24) is 5.32 Å². The molecule has 0 aromatic rings. The molecular weight excluding hydrogens is 154 g/mol. The third-order valence-electron chi connectivity index (χ3n) is 1.63. The van der Waals surface area contributed by atoms with E-state index in [1.165, 1.54) is 0 Å². The first-order chi connectivity index (χ1) is 5.67. The average molecular weight is 169 g/mol. The van der Waals surface area contributed by atoms with Crippen LogP contribution in [0.15, 0.2) is 9.98 Å². The number of aliphatic imine (C=N–C) groups is 2. The van der Waals surface area contributed by atoms with E-state index in [4.69, 9.17) is 0 Å². The topological polar surface area (TPSA) is 53.8 Å². The maximum absolute atomic E-state index is 11.2. The number of hydrogen-bond acceptors (Lipinski definition) is 3. The van der Waals surface area contributed by atoms with Gasteiger partial charge in [0.05, 0.1) is 0 Å². The van der Waals surface area contributed by atoms with Crippen LogP contribution in [-0.4, -0.2) is 39.0 Å². The van der Waals surface area contributed by atoms with Crippen LogP contribution in [0.4, 0.5) is 0 Å². The maximum Gasteiger partial charge on any atom is 0.233 e. The van der Waals surface area contributed by atoms with Crippen molar-refractivity contribution in [3.05, 3.63) is 0 Å². The molecule has 0 aliphatic heterocycles. The van der Waals surface area contributed by atoms with Crippen molar-refractivity contribution in [2.75, 3.05) is 21.1 Å². The normalized spacial score (nSPS) is 14.8. The van der Waals surface area contributed by atoms with Crippen LogP contribution in [0.2, 0.25) is 0 Å². The molecule has 0 radical (unpaired) electrons. The highest BCUT2D eigenvalue weighted by atomic mass is 16.1. The van der Waals surface area contributed by atoms with Crippen molar-refractivity contribution < 1.29 is 4.79 Å². The van der Waals surface area contributed by atoms with Crippen molar-refractivity contribution in [1.29, 1.82) is 0 Å². The molecule has 0 saturated heterocycles. The van der Waals surface area contributed by atoms with Crippen molar-refractivity contribution in [2.24, 2.45) is 15.9 Å². The molecule has 1 unspecified atom stereocenters. The average Bonchev–Trinajstić information content (AvgIpc) is 2.11. The number of hydrogen-bond donors (Lipinski definition) is 1. The first kappa shape index (κ1) is 10.8. The van der Waals surface area contributed by atoms with E-state index in [9.17, 15) is 4.79 Å². The predicted molar refractivity (Wildman–Crippen MR) is 51.0 cm³/mol. The first-order valence-corrected chi connectivity index (χ1v) is 3.74. The molecule has 0 heterocycles. The second-order valence-corrected chi connectivity index (χ2v) is 2.36. The van der Waals surface area contributed by atoms with E-state index >= 15 is 0 Å². The molecule has 1 amide bonds. The molecule has 0 saturated carbocycles. The fourth-order valence-corrected chi connectivity index (χ4v) is 0.809. The summed E-state index contributed by atoms with van der Waals surface area (Å²) in [5.41, 5.74) is 0.764. The third-order valence-corrected chi connectivity index (χ3v) is 1.63. The smallest absolute Gasteiger partial charge is 0.233 e. The van der Waals surface area contributed by atoms with Crippen LogP contribution in [-0.2, 0) is 4.79 Å². The van der Waals surface area contributed by atoms with Crippen molar-refractivity contribution in [3.63, 3.8) is 0 Å². The summed E-state index contributed by atoms with van der Waals surface area (Å²) in [5, 5.41) is 2.55. The Morgan fingerprint density at radius 1 is 1.50 bits per heavy atom. The summed E-state index contributed by atoms with van der Waals surface area (Å²) in [6.45, 7) is 1.81. The minimum absolute atomic E-state index is 0.0799. The SMILES string of the molecule is CN=CC(C(=O)NC)C(C)=NC. The molecule has 1 atom stereocenters. The van der Waals surface area contributed by atoms with Gasteiger partial charge in [-0.25, -0.2) is 0 Å². The van der Waals surface area contributed by atoms with Crippen molar-refractivity contribution in [3.8, 4) is 0 Å². The molecule has 0 spiro atoms. The fraction of sp³-hybridized carbons (Fsp3) is 0.625. The van der Waals surface area contributed by atoms with Crippen LogP contribution in [0.1, 0.15) is 6.92 Å². The van der Waals surface area contributed by atoms with Gasteiger partial charge in [-0.1, -0.05) is 0 Å². The van der Waals surface area contributed by atoms with E-state index < -0.39 is 0 Å². The summed E-state index contributed by atoms with van der Waals surface area (Å²) in [6, 6.07) is 0. The van der Waals surface area contributed by atoms with E-state index in [0.29, 0.717) is 0 Å². The lowest BCUT2D eigenvalue weighted by Crippen LogP contribution is -2.33. The molecule has 0 aliphatic rings. The van der Waals surface area contributed by atoms with Gasteiger partial charge in [0, 0.05) is 33.1 Å². The Balaban J connectivity index is 4.55. The summed E-state index contributed by atoms with van der Waals surface area (Å²) in [6.07, 6.45) is 1.58. The van der Waals surface area contributed by atoms with Crippen LogP contribution >= 0.6 is 0 Å². The molecule has 4 heteroatoms. The predicted octanol–water partition coefficient (Wildman–Crippen LogP) is 0.140. The third kappa shape index (κ3) is 2.82. The lowest BCUT2D eigenvalue weighted by atomic mass is 10.1. The number of nitrogens with one attached hydrogen (secondary N) is 1. The molecular formula is C8H15N3O. The molecule has 1 N–H and O–H groups in total. The lowest BCUT2D eigenvalue weighted by molar-refractivity contribution is -0.120. The zero-order valence-electron chi connectivity index (χ0n) is 7.96. The van der Waals surface area contributed by atoms with Gasteiger partial charge in [-0.15, -0.1) is 0 Å². The van der Waals surface area contributed by atoms with E-state index in [0.717, 1.165) is 5.71 Å². The van der Waals surface area contributed by atoms with Gasteiger partial charge < -0.3 is 5.32 Å². The zero-order valence-corrected chi connectivity index (χ0v) is 7.96. The van der Waals surface area contributed by atoms with Gasteiger partial charge in [-0.2, -0.15) is 0 Å². The van der Waals surface area contributed by atoms with Gasteiger partial charge in [0.2, 0.25) is 5.91 Å². The number of carbonyl (C=O) groups is 1. The van der Waals surface area contributed by atoms with Gasteiger partial charge in [-0.05, 0) is 6.92 Å². The number of carbonyl (C=O) groups excluding carboxylic acids is 1. The summed E-state index contributed by atoms with van der Waals surface area (Å²) < 4.78 is 0. The highest BCUT2D eigenvalue weighted by Crippen LogP contribution is 1.96. The van der Waals surface area contributed by atoms with Crippen molar-refractivity contribution >= 4 is 17.8 Å². The molecule has 12 heavy (non-hydrogen) atoms.